The maximum absolute atomic E-state index is 6.24. The maximum atomic E-state index is 6.24. The summed E-state index contributed by atoms with van der Waals surface area (Å²) >= 11 is 17.7. The zero-order valence-corrected chi connectivity index (χ0v) is 14.1. The summed E-state index contributed by atoms with van der Waals surface area (Å²) in [6.07, 6.45) is 0. The lowest BCUT2D eigenvalue weighted by atomic mass is 10.1. The minimum Gasteiger partial charge on any atom is -0.486 e. The van der Waals surface area contributed by atoms with Gasteiger partial charge in [-0.2, -0.15) is 0 Å². The minimum atomic E-state index is 0.429. The van der Waals surface area contributed by atoms with Crippen molar-refractivity contribution in [3.8, 4) is 22.8 Å². The van der Waals surface area contributed by atoms with Gasteiger partial charge in [-0.05, 0) is 30.3 Å². The highest BCUT2D eigenvalue weighted by molar-refractivity contribution is 7.71. The van der Waals surface area contributed by atoms with E-state index in [-0.39, 0.29) is 0 Å². The van der Waals surface area contributed by atoms with E-state index in [0.717, 1.165) is 16.7 Å². The van der Waals surface area contributed by atoms with Gasteiger partial charge in [0.1, 0.15) is 19.0 Å². The second kappa shape index (κ2) is 5.71. The number of hydrogen-bond acceptors (Lipinski definition) is 4. The van der Waals surface area contributed by atoms with Crippen LogP contribution < -0.4 is 9.47 Å². The molecule has 0 saturated heterocycles. The van der Waals surface area contributed by atoms with Crippen LogP contribution in [-0.2, 0) is 0 Å². The Kier molecular flexibility index (Phi) is 3.68. The molecule has 1 aliphatic rings. The Morgan fingerprint density at radius 3 is 2.52 bits per heavy atom. The number of benzene rings is 2. The first-order valence-electron chi connectivity index (χ1n) is 6.95. The van der Waals surface area contributed by atoms with Crippen molar-refractivity contribution in [1.82, 2.24) is 0 Å². The molecule has 3 aromatic rings. The summed E-state index contributed by atoms with van der Waals surface area (Å²) in [4.78, 5) is 0. The molecule has 0 spiro atoms. The lowest BCUT2D eigenvalue weighted by molar-refractivity contribution is 0.171. The highest BCUT2D eigenvalue weighted by atomic mass is 35.5. The zero-order chi connectivity index (χ0) is 16.0. The smallest absolute Gasteiger partial charge is 0.162 e. The molecule has 1 aromatic heterocycles. The third-order valence-corrected chi connectivity index (χ3v) is 4.41. The van der Waals surface area contributed by atoms with Crippen molar-refractivity contribution >= 4 is 46.4 Å². The summed E-state index contributed by atoms with van der Waals surface area (Å²) in [5, 5.41) is 1.67. The Morgan fingerprint density at radius 2 is 1.70 bits per heavy atom. The van der Waals surface area contributed by atoms with Gasteiger partial charge in [0.25, 0.3) is 0 Å². The van der Waals surface area contributed by atoms with E-state index in [1.54, 1.807) is 18.2 Å². The summed E-state index contributed by atoms with van der Waals surface area (Å²) < 4.78 is 17.7. The van der Waals surface area contributed by atoms with Crippen LogP contribution in [0.5, 0.6) is 11.5 Å². The van der Waals surface area contributed by atoms with Gasteiger partial charge in [0, 0.05) is 22.0 Å². The van der Waals surface area contributed by atoms with Crippen LogP contribution in [0.2, 0.25) is 10.0 Å². The van der Waals surface area contributed by atoms with E-state index in [2.05, 4.69) is 0 Å². The van der Waals surface area contributed by atoms with Crippen LogP contribution in [0.15, 0.2) is 40.8 Å². The SMILES string of the molecule is S=c1cc(-c2ccc3c(c2)OCCO3)oc2c(Cl)cc(Cl)cc12. The van der Waals surface area contributed by atoms with Gasteiger partial charge in [-0.15, -0.1) is 0 Å². The van der Waals surface area contributed by atoms with Crippen LogP contribution in [0.4, 0.5) is 0 Å². The normalized spacial score (nSPS) is 13.3. The summed E-state index contributed by atoms with van der Waals surface area (Å²) in [6, 6.07) is 10.8. The molecule has 4 rings (SSSR count). The third kappa shape index (κ3) is 2.67. The second-order valence-corrected chi connectivity index (χ2v) is 6.38. The summed E-state index contributed by atoms with van der Waals surface area (Å²) in [5.74, 6) is 2.03. The van der Waals surface area contributed by atoms with Crippen LogP contribution in [0.1, 0.15) is 0 Å². The van der Waals surface area contributed by atoms with Crippen LogP contribution >= 0.6 is 35.4 Å². The van der Waals surface area contributed by atoms with Crippen LogP contribution in [0.25, 0.3) is 22.3 Å². The number of rotatable bonds is 1. The first-order chi connectivity index (χ1) is 11.1. The van der Waals surface area contributed by atoms with Crippen molar-refractivity contribution in [2.45, 2.75) is 0 Å². The van der Waals surface area contributed by atoms with E-state index in [9.17, 15) is 0 Å². The van der Waals surface area contributed by atoms with Crippen LogP contribution in [0.3, 0.4) is 0 Å². The van der Waals surface area contributed by atoms with Gasteiger partial charge in [-0.3, -0.25) is 0 Å². The van der Waals surface area contributed by atoms with Gasteiger partial charge in [0.2, 0.25) is 0 Å². The van der Waals surface area contributed by atoms with Crippen LogP contribution in [0, 0.1) is 4.51 Å². The van der Waals surface area contributed by atoms with Crippen molar-refractivity contribution in [2.24, 2.45) is 0 Å². The summed E-state index contributed by atoms with van der Waals surface area (Å²) in [6.45, 7) is 1.08. The molecule has 3 nitrogen and oxygen atoms in total. The lowest BCUT2D eigenvalue weighted by Crippen LogP contribution is -2.15. The fourth-order valence-corrected chi connectivity index (χ4v) is 3.31. The van der Waals surface area contributed by atoms with E-state index in [1.165, 1.54) is 0 Å². The van der Waals surface area contributed by atoms with E-state index >= 15 is 0 Å². The van der Waals surface area contributed by atoms with Gasteiger partial charge in [-0.25, -0.2) is 0 Å². The first-order valence-corrected chi connectivity index (χ1v) is 8.11. The zero-order valence-electron chi connectivity index (χ0n) is 11.8. The van der Waals surface area contributed by atoms with E-state index in [4.69, 9.17) is 49.3 Å². The molecule has 0 aliphatic carbocycles. The van der Waals surface area contributed by atoms with E-state index in [0.29, 0.717) is 44.9 Å². The summed E-state index contributed by atoms with van der Waals surface area (Å²) in [5.41, 5.74) is 1.36. The highest BCUT2D eigenvalue weighted by Gasteiger charge is 2.15. The van der Waals surface area contributed by atoms with Crippen molar-refractivity contribution in [3.63, 3.8) is 0 Å². The monoisotopic (exact) mass is 364 g/mol. The molecule has 0 atom stereocenters. The van der Waals surface area contributed by atoms with E-state index < -0.39 is 0 Å². The second-order valence-electron chi connectivity index (χ2n) is 5.10. The van der Waals surface area contributed by atoms with Gasteiger partial charge in [0.05, 0.1) is 9.53 Å². The lowest BCUT2D eigenvalue weighted by Gasteiger charge is -2.18. The van der Waals surface area contributed by atoms with Gasteiger partial charge >= 0.3 is 0 Å². The summed E-state index contributed by atoms with van der Waals surface area (Å²) in [7, 11) is 0. The van der Waals surface area contributed by atoms with Crippen LogP contribution in [-0.4, -0.2) is 13.2 Å². The molecule has 116 valence electrons. The molecule has 2 heterocycles. The molecule has 23 heavy (non-hydrogen) atoms. The molecule has 0 unspecified atom stereocenters. The molecule has 0 fully saturated rings. The predicted molar refractivity (Wildman–Crippen MR) is 93.5 cm³/mol. The molecular weight excluding hydrogens is 355 g/mol. The molecule has 1 aliphatic heterocycles. The topological polar surface area (TPSA) is 31.6 Å². The van der Waals surface area contributed by atoms with Gasteiger partial charge in [0.15, 0.2) is 17.1 Å². The molecule has 6 heteroatoms. The molecule has 0 radical (unpaired) electrons. The van der Waals surface area contributed by atoms with Gasteiger partial charge in [-0.1, -0.05) is 35.4 Å². The average Bonchev–Trinajstić information content (AvgIpc) is 2.55. The largest absolute Gasteiger partial charge is 0.486 e. The predicted octanol–water partition coefficient (Wildman–Crippen LogP) is 5.91. The Morgan fingerprint density at radius 1 is 0.913 bits per heavy atom. The third-order valence-electron chi connectivity index (χ3n) is 3.57. The molecule has 2 aromatic carbocycles. The quantitative estimate of drug-likeness (QED) is 0.502. The number of fused-ring (bicyclic) bond motifs is 2. The maximum Gasteiger partial charge on any atom is 0.162 e. The fraction of sp³-hybridized carbons (Fsp3) is 0.118. The van der Waals surface area contributed by atoms with Crippen molar-refractivity contribution in [3.05, 3.63) is 51.0 Å². The first kappa shape index (κ1) is 14.8. The number of hydrogen-bond donors (Lipinski definition) is 0. The number of halogens is 2. The minimum absolute atomic E-state index is 0.429. The number of ether oxygens (including phenoxy) is 2. The Labute approximate surface area is 147 Å². The molecule has 0 saturated carbocycles. The van der Waals surface area contributed by atoms with Gasteiger partial charge < -0.3 is 13.9 Å². The highest BCUT2D eigenvalue weighted by Crippen LogP contribution is 2.37. The Bertz CT molecular complexity index is 981. The standard InChI is InChI=1S/C17H10Cl2O3S/c18-10-6-11-16(23)8-14(22-17(11)12(19)7-10)9-1-2-13-15(5-9)21-4-3-20-13/h1-2,5-8H,3-4H2. The molecule has 0 amide bonds. The van der Waals surface area contributed by atoms with E-state index in [1.807, 2.05) is 18.2 Å². The fourth-order valence-electron chi connectivity index (χ4n) is 2.52. The van der Waals surface area contributed by atoms with Crippen molar-refractivity contribution in [2.75, 3.05) is 13.2 Å². The molecule has 0 bridgehead atoms. The Balaban J connectivity index is 1.91. The average molecular weight is 365 g/mol. The molecular formula is C17H10Cl2O3S. The molecule has 0 N–H and O–H groups in total. The Hall–Kier alpha value is -1.75. The van der Waals surface area contributed by atoms with Crippen molar-refractivity contribution in [1.29, 1.82) is 0 Å². The van der Waals surface area contributed by atoms with Crippen molar-refractivity contribution < 1.29 is 13.9 Å².